The molecule has 2 aromatic carbocycles. The number of methoxy groups -OCH3 is 1. The molecule has 0 amide bonds. The lowest BCUT2D eigenvalue weighted by molar-refractivity contribution is 0.0238. The van der Waals surface area contributed by atoms with E-state index < -0.39 is 5.97 Å². The Morgan fingerprint density at radius 1 is 1.14 bits per heavy atom. The maximum atomic E-state index is 13.1. The van der Waals surface area contributed by atoms with E-state index in [4.69, 9.17) is 18.6 Å². The largest absolute Gasteiger partial charge is 0.507 e. The van der Waals surface area contributed by atoms with E-state index in [1.165, 1.54) is 7.11 Å². The normalized spacial score (nSPS) is 15.4. The van der Waals surface area contributed by atoms with E-state index in [1.807, 2.05) is 30.3 Å². The number of furan rings is 1. The Morgan fingerprint density at radius 3 is 2.54 bits per heavy atom. The summed E-state index contributed by atoms with van der Waals surface area (Å²) in [6, 6.07) is 9.07. The summed E-state index contributed by atoms with van der Waals surface area (Å²) < 4.78 is 23.0. The van der Waals surface area contributed by atoms with Gasteiger partial charge in [0.05, 0.1) is 33.0 Å². The predicted molar refractivity (Wildman–Crippen MR) is 140 cm³/mol. The molecule has 8 heteroatoms. The number of hydrogen-bond donors (Lipinski definition) is 1. The molecule has 37 heavy (non-hydrogen) atoms. The first-order valence-corrected chi connectivity index (χ1v) is 12.5. The topological polar surface area (TPSA) is 94.3 Å². The number of nitrogens with zero attached hydrogens (tertiary/aromatic N) is 2. The fourth-order valence-corrected chi connectivity index (χ4v) is 5.08. The third-order valence-electron chi connectivity index (χ3n) is 6.78. The van der Waals surface area contributed by atoms with Gasteiger partial charge >= 0.3 is 5.97 Å². The number of aromatic nitrogens is 1. The predicted octanol–water partition coefficient (Wildman–Crippen LogP) is 5.24. The summed E-state index contributed by atoms with van der Waals surface area (Å²) in [7, 11) is 1.35. The second-order valence-electron chi connectivity index (χ2n) is 9.73. The molecule has 4 aromatic rings. The number of fused-ring (bicyclic) bond motifs is 3. The lowest BCUT2D eigenvalue weighted by Crippen LogP contribution is -2.39. The fraction of sp³-hybridized carbons (Fsp3) is 0.379. The summed E-state index contributed by atoms with van der Waals surface area (Å²) >= 11 is 0. The molecule has 5 rings (SSSR count). The van der Waals surface area contributed by atoms with Gasteiger partial charge in [-0.1, -0.05) is 13.8 Å². The van der Waals surface area contributed by atoms with Crippen LogP contribution in [0.2, 0.25) is 0 Å². The number of phenols is 1. The van der Waals surface area contributed by atoms with E-state index in [0.29, 0.717) is 83.2 Å². The summed E-state index contributed by atoms with van der Waals surface area (Å²) in [5.41, 5.74) is 2.37. The summed E-state index contributed by atoms with van der Waals surface area (Å²) in [5.74, 6) is 1.04. The number of carbonyl (C=O) groups is 1. The number of esters is 1. The van der Waals surface area contributed by atoms with Gasteiger partial charge in [0.15, 0.2) is 0 Å². The maximum absolute atomic E-state index is 13.1. The third kappa shape index (κ3) is 4.63. The zero-order valence-corrected chi connectivity index (χ0v) is 21.6. The quantitative estimate of drug-likeness (QED) is 0.342. The van der Waals surface area contributed by atoms with Crippen molar-refractivity contribution in [1.29, 1.82) is 0 Å². The molecular formula is C29H32N2O6. The first kappa shape index (κ1) is 25.0. The highest BCUT2D eigenvalue weighted by Gasteiger charge is 2.34. The molecule has 3 heterocycles. The standard InChI is InChI=1S/C29H32N2O6/c1-17(2)16-36-20-5-6-21-22(15-20)28-24(23(18(3)37-28)29(33)34-4)25(27(21)32)26(19-7-9-30-10-8-19)31-11-13-35-14-12-31/h5-10,15,17,26,32H,11-14,16H2,1-4H3. The van der Waals surface area contributed by atoms with Crippen LogP contribution in [0.1, 0.15) is 47.1 Å². The number of carbonyl (C=O) groups excluding carboxylic acids is 1. The number of ether oxygens (including phenoxy) is 3. The van der Waals surface area contributed by atoms with Crippen LogP contribution in [-0.2, 0) is 9.47 Å². The molecule has 0 saturated carbocycles. The van der Waals surface area contributed by atoms with Gasteiger partial charge in [0.2, 0.25) is 0 Å². The van der Waals surface area contributed by atoms with E-state index in [-0.39, 0.29) is 11.8 Å². The Kier molecular flexibility index (Phi) is 7.04. The molecule has 1 saturated heterocycles. The summed E-state index contributed by atoms with van der Waals surface area (Å²) in [6.45, 7) is 8.95. The molecule has 0 bridgehead atoms. The Bertz CT molecular complexity index is 1420. The minimum Gasteiger partial charge on any atom is -0.507 e. The molecule has 1 unspecified atom stereocenters. The van der Waals surface area contributed by atoms with E-state index in [0.717, 1.165) is 5.56 Å². The highest BCUT2D eigenvalue weighted by Crippen LogP contribution is 2.48. The van der Waals surface area contributed by atoms with Crippen LogP contribution in [0.5, 0.6) is 11.5 Å². The number of aromatic hydroxyl groups is 1. The van der Waals surface area contributed by atoms with Crippen LogP contribution in [0.3, 0.4) is 0 Å². The van der Waals surface area contributed by atoms with Gasteiger partial charge in [0.1, 0.15) is 28.4 Å². The molecule has 8 nitrogen and oxygen atoms in total. The molecule has 194 valence electrons. The van der Waals surface area contributed by atoms with Crippen LogP contribution in [-0.4, -0.2) is 61.0 Å². The van der Waals surface area contributed by atoms with Crippen molar-refractivity contribution in [1.82, 2.24) is 9.88 Å². The molecule has 1 aliphatic heterocycles. The van der Waals surface area contributed by atoms with E-state index in [1.54, 1.807) is 19.3 Å². The molecule has 1 atom stereocenters. The second-order valence-corrected chi connectivity index (χ2v) is 9.73. The molecular weight excluding hydrogens is 472 g/mol. The minimum absolute atomic E-state index is 0.0946. The Hall–Kier alpha value is -3.62. The van der Waals surface area contributed by atoms with Gasteiger partial charge in [-0.2, -0.15) is 0 Å². The van der Waals surface area contributed by atoms with Gasteiger partial charge in [0, 0.05) is 47.2 Å². The van der Waals surface area contributed by atoms with Crippen molar-refractivity contribution in [3.8, 4) is 11.5 Å². The van der Waals surface area contributed by atoms with E-state index in [9.17, 15) is 9.90 Å². The van der Waals surface area contributed by atoms with Crippen LogP contribution < -0.4 is 4.74 Å². The van der Waals surface area contributed by atoms with Crippen molar-refractivity contribution in [2.24, 2.45) is 5.92 Å². The average Bonchev–Trinajstić information content (AvgIpc) is 3.27. The summed E-state index contributed by atoms with van der Waals surface area (Å²) in [6.07, 6.45) is 3.47. The first-order chi connectivity index (χ1) is 17.9. The van der Waals surface area contributed by atoms with Crippen molar-refractivity contribution < 1.29 is 28.5 Å². The van der Waals surface area contributed by atoms with Gasteiger partial charge in [-0.3, -0.25) is 9.88 Å². The van der Waals surface area contributed by atoms with E-state index in [2.05, 4.69) is 23.7 Å². The highest BCUT2D eigenvalue weighted by atomic mass is 16.5. The molecule has 1 N–H and O–H groups in total. The molecule has 0 radical (unpaired) electrons. The summed E-state index contributed by atoms with van der Waals surface area (Å²) in [5, 5.41) is 13.7. The zero-order chi connectivity index (χ0) is 26.1. The van der Waals surface area contributed by atoms with Gasteiger partial charge < -0.3 is 23.7 Å². The number of aryl methyl sites for hydroxylation is 1. The SMILES string of the molecule is COC(=O)c1c(C)oc2c1c(C(c1ccncc1)N1CCOCC1)c(O)c1ccc(OCC(C)C)cc12. The number of pyridine rings is 1. The Balaban J connectivity index is 1.84. The number of benzene rings is 2. The Labute approximate surface area is 215 Å². The van der Waals surface area contributed by atoms with Crippen LogP contribution in [0.4, 0.5) is 0 Å². The molecule has 1 fully saturated rings. The lowest BCUT2D eigenvalue weighted by Gasteiger charge is -2.36. The van der Waals surface area contributed by atoms with Crippen molar-refractivity contribution in [3.63, 3.8) is 0 Å². The smallest absolute Gasteiger partial charge is 0.342 e. The molecule has 2 aromatic heterocycles. The Morgan fingerprint density at radius 2 is 1.86 bits per heavy atom. The maximum Gasteiger partial charge on any atom is 0.342 e. The van der Waals surface area contributed by atoms with Gasteiger partial charge in [-0.15, -0.1) is 0 Å². The molecule has 1 aliphatic rings. The van der Waals surface area contributed by atoms with Gasteiger partial charge in [-0.25, -0.2) is 4.79 Å². The van der Waals surface area contributed by atoms with Crippen LogP contribution in [0.25, 0.3) is 21.7 Å². The highest BCUT2D eigenvalue weighted by molar-refractivity contribution is 6.17. The fourth-order valence-electron chi connectivity index (χ4n) is 5.08. The summed E-state index contributed by atoms with van der Waals surface area (Å²) in [4.78, 5) is 19.5. The van der Waals surface area contributed by atoms with Crippen LogP contribution in [0, 0.1) is 12.8 Å². The van der Waals surface area contributed by atoms with Crippen molar-refractivity contribution in [3.05, 3.63) is 65.2 Å². The number of phenolic OH excluding ortho intramolecular Hbond substituents is 1. The van der Waals surface area contributed by atoms with Crippen LogP contribution in [0.15, 0.2) is 47.1 Å². The third-order valence-corrected chi connectivity index (χ3v) is 6.78. The first-order valence-electron chi connectivity index (χ1n) is 12.5. The van der Waals surface area contributed by atoms with Crippen molar-refractivity contribution >= 4 is 27.7 Å². The minimum atomic E-state index is -0.515. The lowest BCUT2D eigenvalue weighted by atomic mass is 9.89. The van der Waals surface area contributed by atoms with Gasteiger partial charge in [-0.05, 0) is 48.7 Å². The number of morpholine rings is 1. The zero-order valence-electron chi connectivity index (χ0n) is 21.6. The average molecular weight is 505 g/mol. The van der Waals surface area contributed by atoms with Crippen molar-refractivity contribution in [2.45, 2.75) is 26.8 Å². The second kappa shape index (κ2) is 10.4. The molecule has 0 aliphatic carbocycles. The van der Waals surface area contributed by atoms with E-state index >= 15 is 0 Å². The van der Waals surface area contributed by atoms with Gasteiger partial charge in [0.25, 0.3) is 0 Å². The molecule has 0 spiro atoms. The monoisotopic (exact) mass is 504 g/mol. The number of rotatable bonds is 7. The number of hydrogen-bond acceptors (Lipinski definition) is 8. The van der Waals surface area contributed by atoms with Crippen LogP contribution >= 0.6 is 0 Å². The van der Waals surface area contributed by atoms with Crippen molar-refractivity contribution in [2.75, 3.05) is 40.0 Å².